The Kier molecular flexibility index (Phi) is 5.01. The van der Waals surface area contributed by atoms with Crippen LogP contribution in [-0.2, 0) is 4.79 Å². The summed E-state index contributed by atoms with van der Waals surface area (Å²) in [7, 11) is 0. The van der Waals surface area contributed by atoms with Gasteiger partial charge in [0.15, 0.2) is 0 Å². The summed E-state index contributed by atoms with van der Waals surface area (Å²) in [5.41, 5.74) is 5.91. The first-order valence-corrected chi connectivity index (χ1v) is 7.50. The highest BCUT2D eigenvalue weighted by atomic mass is 16.2. The molecule has 2 rings (SSSR count). The third-order valence-corrected chi connectivity index (χ3v) is 4.35. The number of carbonyl (C=O) groups excluding carboxylic acids is 1. The molecule has 4 nitrogen and oxygen atoms in total. The van der Waals surface area contributed by atoms with Gasteiger partial charge in [-0.05, 0) is 45.2 Å². The topological polar surface area (TPSA) is 49.6 Å². The van der Waals surface area contributed by atoms with Crippen molar-refractivity contribution in [3.63, 3.8) is 0 Å². The SMILES string of the molecule is CCC[C@@H](N)C(=O)N1CCC(N2CCCC2)CC1. The first-order chi connectivity index (χ1) is 8.72. The van der Waals surface area contributed by atoms with E-state index in [0.717, 1.165) is 38.8 Å². The van der Waals surface area contributed by atoms with E-state index in [2.05, 4.69) is 11.8 Å². The smallest absolute Gasteiger partial charge is 0.239 e. The molecule has 1 amide bonds. The van der Waals surface area contributed by atoms with Crippen molar-refractivity contribution in [2.24, 2.45) is 5.73 Å². The minimum absolute atomic E-state index is 0.164. The summed E-state index contributed by atoms with van der Waals surface area (Å²) in [5.74, 6) is 0.164. The Morgan fingerprint density at radius 3 is 2.39 bits per heavy atom. The molecule has 0 bridgehead atoms. The molecular formula is C14H27N3O. The third-order valence-electron chi connectivity index (χ3n) is 4.35. The van der Waals surface area contributed by atoms with E-state index in [4.69, 9.17) is 5.73 Å². The fourth-order valence-corrected chi connectivity index (χ4v) is 3.23. The van der Waals surface area contributed by atoms with Crippen LogP contribution < -0.4 is 5.73 Å². The van der Waals surface area contributed by atoms with Crippen molar-refractivity contribution < 1.29 is 4.79 Å². The average molecular weight is 253 g/mol. The van der Waals surface area contributed by atoms with Crippen LogP contribution in [0, 0.1) is 0 Å². The van der Waals surface area contributed by atoms with Crippen molar-refractivity contribution in [1.29, 1.82) is 0 Å². The Balaban J connectivity index is 1.77. The number of hydrogen-bond donors (Lipinski definition) is 1. The second-order valence-electron chi connectivity index (χ2n) is 5.69. The van der Waals surface area contributed by atoms with Gasteiger partial charge in [0.1, 0.15) is 0 Å². The highest BCUT2D eigenvalue weighted by molar-refractivity contribution is 5.81. The zero-order valence-corrected chi connectivity index (χ0v) is 11.6. The van der Waals surface area contributed by atoms with Gasteiger partial charge in [0.2, 0.25) is 5.91 Å². The van der Waals surface area contributed by atoms with Crippen LogP contribution in [0.4, 0.5) is 0 Å². The van der Waals surface area contributed by atoms with Crippen LogP contribution in [0.2, 0.25) is 0 Å². The predicted octanol–water partition coefficient (Wildman–Crippen LogP) is 1.20. The average Bonchev–Trinajstić information content (AvgIpc) is 2.92. The molecule has 0 saturated carbocycles. The van der Waals surface area contributed by atoms with Crippen molar-refractivity contribution in [1.82, 2.24) is 9.80 Å². The molecule has 104 valence electrons. The van der Waals surface area contributed by atoms with E-state index in [1.165, 1.54) is 25.9 Å². The lowest BCUT2D eigenvalue weighted by Gasteiger charge is -2.37. The molecule has 0 aromatic heterocycles. The Morgan fingerprint density at radius 2 is 1.83 bits per heavy atom. The van der Waals surface area contributed by atoms with Crippen LogP contribution in [0.15, 0.2) is 0 Å². The van der Waals surface area contributed by atoms with Gasteiger partial charge in [-0.1, -0.05) is 13.3 Å². The largest absolute Gasteiger partial charge is 0.341 e. The van der Waals surface area contributed by atoms with Crippen LogP contribution in [0.3, 0.4) is 0 Å². The normalized spacial score (nSPS) is 24.4. The summed E-state index contributed by atoms with van der Waals surface area (Å²) in [6.45, 7) is 6.39. The molecule has 0 radical (unpaired) electrons. The Bertz CT molecular complexity index is 268. The fourth-order valence-electron chi connectivity index (χ4n) is 3.23. The van der Waals surface area contributed by atoms with Crippen LogP contribution >= 0.6 is 0 Å². The molecule has 0 unspecified atom stereocenters. The van der Waals surface area contributed by atoms with Crippen molar-refractivity contribution in [3.05, 3.63) is 0 Å². The molecule has 18 heavy (non-hydrogen) atoms. The molecule has 4 heteroatoms. The van der Waals surface area contributed by atoms with Gasteiger partial charge in [0, 0.05) is 19.1 Å². The molecule has 2 saturated heterocycles. The number of nitrogens with two attached hydrogens (primary N) is 1. The zero-order valence-electron chi connectivity index (χ0n) is 11.6. The maximum absolute atomic E-state index is 12.1. The molecule has 2 aliphatic heterocycles. The molecule has 2 aliphatic rings. The Labute approximate surface area is 110 Å². The molecule has 0 aliphatic carbocycles. The lowest BCUT2D eigenvalue weighted by Crippen LogP contribution is -2.50. The highest BCUT2D eigenvalue weighted by Gasteiger charge is 2.29. The first kappa shape index (κ1) is 13.8. The molecule has 0 spiro atoms. The maximum atomic E-state index is 12.1. The van der Waals surface area contributed by atoms with Crippen LogP contribution in [0.25, 0.3) is 0 Å². The molecule has 1 atom stereocenters. The van der Waals surface area contributed by atoms with Crippen molar-refractivity contribution in [2.45, 2.75) is 57.5 Å². The summed E-state index contributed by atoms with van der Waals surface area (Å²) < 4.78 is 0. The van der Waals surface area contributed by atoms with Gasteiger partial charge in [-0.25, -0.2) is 0 Å². The Morgan fingerprint density at radius 1 is 1.22 bits per heavy atom. The number of carbonyl (C=O) groups is 1. The van der Waals surface area contributed by atoms with Gasteiger partial charge < -0.3 is 15.5 Å². The van der Waals surface area contributed by atoms with Crippen LogP contribution in [0.1, 0.15) is 45.4 Å². The van der Waals surface area contributed by atoms with Crippen LogP contribution in [0.5, 0.6) is 0 Å². The van der Waals surface area contributed by atoms with Crippen molar-refractivity contribution in [3.8, 4) is 0 Å². The van der Waals surface area contributed by atoms with E-state index in [0.29, 0.717) is 6.04 Å². The number of hydrogen-bond acceptors (Lipinski definition) is 3. The van der Waals surface area contributed by atoms with E-state index >= 15 is 0 Å². The molecule has 0 aromatic rings. The van der Waals surface area contributed by atoms with Gasteiger partial charge >= 0.3 is 0 Å². The van der Waals surface area contributed by atoms with Gasteiger partial charge in [0.25, 0.3) is 0 Å². The summed E-state index contributed by atoms with van der Waals surface area (Å²) in [6, 6.07) is 0.428. The summed E-state index contributed by atoms with van der Waals surface area (Å²) in [4.78, 5) is 16.7. The first-order valence-electron chi connectivity index (χ1n) is 7.50. The van der Waals surface area contributed by atoms with E-state index in [-0.39, 0.29) is 11.9 Å². The third kappa shape index (κ3) is 3.23. The van der Waals surface area contributed by atoms with Crippen LogP contribution in [-0.4, -0.2) is 54.0 Å². The highest BCUT2D eigenvalue weighted by Crippen LogP contribution is 2.21. The lowest BCUT2D eigenvalue weighted by atomic mass is 10.0. The number of piperidine rings is 1. The standard InChI is InChI=1S/C14H27N3O/c1-2-5-13(15)14(18)17-10-6-12(7-11-17)16-8-3-4-9-16/h12-13H,2-11,15H2,1H3/t13-/m1/s1. The predicted molar refractivity (Wildman–Crippen MR) is 73.3 cm³/mol. The number of likely N-dealkylation sites (tertiary alicyclic amines) is 2. The minimum atomic E-state index is -0.279. The monoisotopic (exact) mass is 253 g/mol. The molecule has 2 heterocycles. The van der Waals surface area contributed by atoms with Gasteiger partial charge in [-0.3, -0.25) is 4.79 Å². The van der Waals surface area contributed by atoms with Crippen molar-refractivity contribution in [2.75, 3.05) is 26.2 Å². The number of amides is 1. The fraction of sp³-hybridized carbons (Fsp3) is 0.929. The van der Waals surface area contributed by atoms with E-state index < -0.39 is 0 Å². The summed E-state index contributed by atoms with van der Waals surface area (Å²) >= 11 is 0. The summed E-state index contributed by atoms with van der Waals surface area (Å²) in [5, 5.41) is 0. The minimum Gasteiger partial charge on any atom is -0.341 e. The zero-order chi connectivity index (χ0) is 13.0. The molecule has 2 N–H and O–H groups in total. The molecular weight excluding hydrogens is 226 g/mol. The van der Waals surface area contributed by atoms with E-state index in [1.807, 2.05) is 4.90 Å². The molecule has 0 aromatic carbocycles. The van der Waals surface area contributed by atoms with E-state index in [1.54, 1.807) is 0 Å². The lowest BCUT2D eigenvalue weighted by molar-refractivity contribution is -0.134. The quantitative estimate of drug-likeness (QED) is 0.819. The van der Waals surface area contributed by atoms with Gasteiger partial charge in [0.05, 0.1) is 6.04 Å². The second kappa shape index (κ2) is 6.53. The van der Waals surface area contributed by atoms with Crippen molar-refractivity contribution >= 4 is 5.91 Å². The Hall–Kier alpha value is -0.610. The van der Waals surface area contributed by atoms with E-state index in [9.17, 15) is 4.79 Å². The number of rotatable bonds is 4. The summed E-state index contributed by atoms with van der Waals surface area (Å²) in [6.07, 6.45) is 6.75. The maximum Gasteiger partial charge on any atom is 0.239 e. The van der Waals surface area contributed by atoms with Gasteiger partial charge in [-0.15, -0.1) is 0 Å². The number of nitrogens with zero attached hydrogens (tertiary/aromatic N) is 2. The second-order valence-corrected chi connectivity index (χ2v) is 5.69. The molecule has 2 fully saturated rings. The van der Waals surface area contributed by atoms with Gasteiger partial charge in [-0.2, -0.15) is 0 Å².